The van der Waals surface area contributed by atoms with Crippen molar-refractivity contribution in [2.75, 3.05) is 26.9 Å². The average Bonchev–Trinajstić information content (AvgIpc) is 3.35. The Morgan fingerprint density at radius 2 is 1.74 bits per heavy atom. The number of para-hydroxylation sites is 2. The van der Waals surface area contributed by atoms with Gasteiger partial charge >= 0.3 is 0 Å². The van der Waals surface area contributed by atoms with Crippen molar-refractivity contribution in [2.24, 2.45) is 0 Å². The molecule has 0 saturated carbocycles. The number of hydrogen-bond donors (Lipinski definition) is 3. The van der Waals surface area contributed by atoms with E-state index in [1.165, 1.54) is 6.92 Å². The first kappa shape index (κ1) is 27.7. The molecule has 204 valence electrons. The van der Waals surface area contributed by atoms with E-state index in [0.29, 0.717) is 37.4 Å². The molecule has 1 aromatic heterocycles. The molecule has 0 aliphatic rings. The number of rotatable bonds is 13. The van der Waals surface area contributed by atoms with Gasteiger partial charge in [0.05, 0.1) is 13.2 Å². The number of aliphatic hydroxyl groups excluding tert-OH is 1. The number of amides is 2. The number of nitrogens with one attached hydrogen (secondary N) is 2. The van der Waals surface area contributed by atoms with Crippen LogP contribution in [0, 0.1) is 0 Å². The molecule has 3 aromatic carbocycles. The van der Waals surface area contributed by atoms with Crippen LogP contribution in [-0.4, -0.2) is 59.7 Å². The van der Waals surface area contributed by atoms with Crippen molar-refractivity contribution in [3.8, 4) is 11.5 Å². The predicted molar refractivity (Wildman–Crippen MR) is 151 cm³/mol. The van der Waals surface area contributed by atoms with Crippen molar-refractivity contribution in [3.63, 3.8) is 0 Å². The summed E-state index contributed by atoms with van der Waals surface area (Å²) in [4.78, 5) is 30.7. The number of nitrogens with zero attached hydrogens (tertiary/aromatic N) is 1. The average molecular weight is 530 g/mol. The quantitative estimate of drug-likeness (QED) is 0.244. The Bertz CT molecular complexity index is 1380. The molecule has 3 N–H and O–H groups in total. The molecule has 1 atom stereocenters. The lowest BCUT2D eigenvalue weighted by molar-refractivity contribution is -0.131. The Labute approximate surface area is 228 Å². The van der Waals surface area contributed by atoms with Crippen LogP contribution >= 0.6 is 0 Å². The third-order valence-corrected chi connectivity index (χ3v) is 6.64. The molecule has 4 aromatic rings. The molecule has 39 heavy (non-hydrogen) atoms. The number of methoxy groups -OCH3 is 1. The van der Waals surface area contributed by atoms with Crippen LogP contribution in [0.25, 0.3) is 10.9 Å². The number of carbonyl (C=O) groups excluding carboxylic acids is 2. The number of ether oxygens (including phenoxy) is 2. The largest absolute Gasteiger partial charge is 0.496 e. The number of H-pyrrole nitrogens is 1. The number of fused-ring (bicyclic) bond motifs is 1. The van der Waals surface area contributed by atoms with Gasteiger partial charge in [0, 0.05) is 49.3 Å². The van der Waals surface area contributed by atoms with Gasteiger partial charge in [0.1, 0.15) is 11.5 Å². The van der Waals surface area contributed by atoms with Gasteiger partial charge in [-0.3, -0.25) is 9.59 Å². The Hall–Kier alpha value is -4.30. The zero-order valence-corrected chi connectivity index (χ0v) is 22.4. The molecule has 1 heterocycles. The number of benzene rings is 3. The van der Waals surface area contributed by atoms with Crippen molar-refractivity contribution in [3.05, 3.63) is 95.7 Å². The molecule has 0 bridgehead atoms. The van der Waals surface area contributed by atoms with Crippen LogP contribution in [-0.2, 0) is 29.0 Å². The number of aromatic amines is 1. The third kappa shape index (κ3) is 7.61. The van der Waals surface area contributed by atoms with E-state index in [-0.39, 0.29) is 31.1 Å². The van der Waals surface area contributed by atoms with E-state index in [9.17, 15) is 9.59 Å². The molecule has 0 aliphatic heterocycles. The molecule has 8 nitrogen and oxygen atoms in total. The Morgan fingerprint density at radius 1 is 1.00 bits per heavy atom. The van der Waals surface area contributed by atoms with E-state index >= 15 is 0 Å². The SMILES string of the molecule is COc1ccccc1CN(C[C@@H](Cc1c[nH]c2ccccc12)NC(=O)COc1ccc(CCO)cc1)C(C)=O. The van der Waals surface area contributed by atoms with Crippen LogP contribution < -0.4 is 14.8 Å². The second kappa shape index (κ2) is 13.5. The highest BCUT2D eigenvalue weighted by atomic mass is 16.5. The van der Waals surface area contributed by atoms with E-state index in [2.05, 4.69) is 10.3 Å². The number of aliphatic hydroxyl groups is 1. The summed E-state index contributed by atoms with van der Waals surface area (Å²) in [5.41, 5.74) is 3.95. The molecule has 0 saturated heterocycles. The number of aromatic nitrogens is 1. The molecular weight excluding hydrogens is 494 g/mol. The summed E-state index contributed by atoms with van der Waals surface area (Å²) in [5.74, 6) is 0.902. The lowest BCUT2D eigenvalue weighted by atomic mass is 10.0. The summed E-state index contributed by atoms with van der Waals surface area (Å²) in [6.07, 6.45) is 3.05. The van der Waals surface area contributed by atoms with Gasteiger partial charge in [0.25, 0.3) is 5.91 Å². The fraction of sp³-hybridized carbons (Fsp3) is 0.290. The maximum Gasteiger partial charge on any atom is 0.258 e. The van der Waals surface area contributed by atoms with Crippen molar-refractivity contribution in [2.45, 2.75) is 32.4 Å². The normalized spacial score (nSPS) is 11.7. The van der Waals surface area contributed by atoms with E-state index in [0.717, 1.165) is 27.6 Å². The van der Waals surface area contributed by atoms with Gasteiger partial charge in [-0.15, -0.1) is 0 Å². The Morgan fingerprint density at radius 3 is 2.49 bits per heavy atom. The summed E-state index contributed by atoms with van der Waals surface area (Å²) in [6.45, 7) is 2.12. The first-order chi connectivity index (χ1) is 19.0. The van der Waals surface area contributed by atoms with Crippen molar-refractivity contribution in [1.82, 2.24) is 15.2 Å². The van der Waals surface area contributed by atoms with Crippen LogP contribution in [0.4, 0.5) is 0 Å². The van der Waals surface area contributed by atoms with Gasteiger partial charge in [0.2, 0.25) is 5.91 Å². The predicted octanol–water partition coefficient (Wildman–Crippen LogP) is 3.87. The van der Waals surface area contributed by atoms with Gasteiger partial charge < -0.3 is 29.8 Å². The molecule has 8 heteroatoms. The van der Waals surface area contributed by atoms with Gasteiger partial charge in [-0.25, -0.2) is 0 Å². The zero-order chi connectivity index (χ0) is 27.6. The summed E-state index contributed by atoms with van der Waals surface area (Å²) in [5, 5.41) is 13.3. The molecule has 0 unspecified atom stereocenters. The maximum absolute atomic E-state index is 13.0. The van der Waals surface area contributed by atoms with Gasteiger partial charge in [0.15, 0.2) is 6.61 Å². The fourth-order valence-corrected chi connectivity index (χ4v) is 4.64. The lowest BCUT2D eigenvalue weighted by Gasteiger charge is -2.28. The maximum atomic E-state index is 13.0. The minimum Gasteiger partial charge on any atom is -0.496 e. The summed E-state index contributed by atoms with van der Waals surface area (Å²) >= 11 is 0. The zero-order valence-electron chi connectivity index (χ0n) is 22.4. The standard InChI is InChI=1S/C31H35N3O5/c1-22(36)34(19-24-7-3-6-10-30(24)38-2)20-26(17-25-18-32-29-9-5-4-8-28(25)29)33-31(37)21-39-27-13-11-23(12-14-27)15-16-35/h3-14,18,26,32,35H,15-17,19-21H2,1-2H3,(H,33,37)/t26-/m1/s1. The van der Waals surface area contributed by atoms with Crippen LogP contribution in [0.5, 0.6) is 11.5 Å². The van der Waals surface area contributed by atoms with Crippen molar-refractivity contribution < 1.29 is 24.2 Å². The second-order valence-electron chi connectivity index (χ2n) is 9.45. The smallest absolute Gasteiger partial charge is 0.258 e. The molecule has 2 amide bonds. The summed E-state index contributed by atoms with van der Waals surface area (Å²) in [6, 6.07) is 22.6. The van der Waals surface area contributed by atoms with Crippen LogP contribution in [0.1, 0.15) is 23.6 Å². The Balaban J connectivity index is 1.49. The third-order valence-electron chi connectivity index (χ3n) is 6.64. The fourth-order valence-electron chi connectivity index (χ4n) is 4.64. The first-order valence-electron chi connectivity index (χ1n) is 13.0. The Kier molecular flexibility index (Phi) is 9.58. The topological polar surface area (TPSA) is 104 Å². The highest BCUT2D eigenvalue weighted by Gasteiger charge is 2.22. The van der Waals surface area contributed by atoms with E-state index < -0.39 is 0 Å². The molecule has 0 aliphatic carbocycles. The second-order valence-corrected chi connectivity index (χ2v) is 9.45. The van der Waals surface area contributed by atoms with Gasteiger partial charge in [-0.05, 0) is 48.2 Å². The van der Waals surface area contributed by atoms with Crippen LogP contribution in [0.3, 0.4) is 0 Å². The lowest BCUT2D eigenvalue weighted by Crippen LogP contribution is -2.47. The highest BCUT2D eigenvalue weighted by molar-refractivity contribution is 5.83. The van der Waals surface area contributed by atoms with Gasteiger partial charge in [-0.2, -0.15) is 0 Å². The molecular formula is C31H35N3O5. The molecule has 0 radical (unpaired) electrons. The molecule has 0 spiro atoms. The minimum absolute atomic E-state index is 0.0781. The minimum atomic E-state index is -0.356. The number of hydrogen-bond acceptors (Lipinski definition) is 5. The van der Waals surface area contributed by atoms with E-state index in [4.69, 9.17) is 14.6 Å². The van der Waals surface area contributed by atoms with Crippen molar-refractivity contribution in [1.29, 1.82) is 0 Å². The van der Waals surface area contributed by atoms with Gasteiger partial charge in [-0.1, -0.05) is 48.5 Å². The van der Waals surface area contributed by atoms with Crippen LogP contribution in [0.15, 0.2) is 79.0 Å². The monoisotopic (exact) mass is 529 g/mol. The molecule has 0 fully saturated rings. The molecule has 4 rings (SSSR count). The van der Waals surface area contributed by atoms with E-state index in [1.807, 2.05) is 66.9 Å². The van der Waals surface area contributed by atoms with Crippen LogP contribution in [0.2, 0.25) is 0 Å². The van der Waals surface area contributed by atoms with E-state index in [1.54, 1.807) is 24.1 Å². The highest BCUT2D eigenvalue weighted by Crippen LogP contribution is 2.22. The first-order valence-corrected chi connectivity index (χ1v) is 13.0. The summed E-state index contributed by atoms with van der Waals surface area (Å²) in [7, 11) is 1.61. The number of carbonyl (C=O) groups is 2. The van der Waals surface area contributed by atoms with Crippen molar-refractivity contribution >= 4 is 22.7 Å². The summed E-state index contributed by atoms with van der Waals surface area (Å²) < 4.78 is 11.2.